The molecule has 3 heterocycles. The van der Waals surface area contributed by atoms with Crippen LogP contribution in [0.2, 0.25) is 5.02 Å². The van der Waals surface area contributed by atoms with Gasteiger partial charge in [-0.3, -0.25) is 14.6 Å². The number of carbonyl (C=O) groups is 1. The summed E-state index contributed by atoms with van der Waals surface area (Å²) in [7, 11) is 0. The number of aromatic nitrogens is 2. The van der Waals surface area contributed by atoms with Gasteiger partial charge < -0.3 is 4.90 Å². The Balaban J connectivity index is 1.17. The average molecular weight is 476 g/mol. The quantitative estimate of drug-likeness (QED) is 0.475. The number of anilines is 3. The number of unbranched alkanes of at least 4 members (excludes halogenated alkanes) is 1. The van der Waals surface area contributed by atoms with Crippen LogP contribution in [0.15, 0.2) is 60.9 Å². The molecule has 0 radical (unpaired) electrons. The number of halogens is 1. The highest BCUT2D eigenvalue weighted by atomic mass is 35.5. The highest BCUT2D eigenvalue weighted by molar-refractivity contribution is 6.31. The van der Waals surface area contributed by atoms with E-state index < -0.39 is 0 Å². The zero-order valence-electron chi connectivity index (χ0n) is 19.4. The van der Waals surface area contributed by atoms with Crippen molar-refractivity contribution in [2.75, 3.05) is 42.5 Å². The maximum Gasteiger partial charge on any atom is 0.231 e. The number of fused-ring (bicyclic) bond motifs is 2. The van der Waals surface area contributed by atoms with Crippen molar-refractivity contribution in [2.24, 2.45) is 0 Å². The van der Waals surface area contributed by atoms with Gasteiger partial charge in [-0.25, -0.2) is 9.97 Å². The summed E-state index contributed by atoms with van der Waals surface area (Å²) in [5.74, 6) is 0.953. The van der Waals surface area contributed by atoms with E-state index in [1.54, 1.807) is 12.4 Å². The lowest BCUT2D eigenvalue weighted by Gasteiger charge is -2.34. The Kier molecular flexibility index (Phi) is 7.07. The molecule has 0 aliphatic carbocycles. The second kappa shape index (κ2) is 10.5. The Morgan fingerprint density at radius 3 is 2.38 bits per heavy atom. The number of aryl methyl sites for hydroxylation is 2. The molecule has 0 saturated carbocycles. The van der Waals surface area contributed by atoms with Crippen molar-refractivity contribution in [3.05, 3.63) is 77.1 Å². The van der Waals surface area contributed by atoms with Crippen molar-refractivity contribution in [2.45, 2.75) is 32.1 Å². The number of hydrogen-bond acceptors (Lipinski definition) is 5. The molecule has 7 heteroatoms. The van der Waals surface area contributed by atoms with Crippen LogP contribution in [0.3, 0.4) is 0 Å². The fourth-order valence-electron chi connectivity index (χ4n) is 4.91. The molecule has 0 atom stereocenters. The van der Waals surface area contributed by atoms with Gasteiger partial charge in [-0.1, -0.05) is 35.9 Å². The summed E-state index contributed by atoms with van der Waals surface area (Å²) in [5.41, 5.74) is 4.31. The molecule has 2 aliphatic heterocycles. The van der Waals surface area contributed by atoms with Gasteiger partial charge in [-0.05, 0) is 67.6 Å². The molecule has 2 aromatic carbocycles. The molecule has 1 saturated heterocycles. The summed E-state index contributed by atoms with van der Waals surface area (Å²) >= 11 is 6.33. The topological polar surface area (TPSA) is 52.6 Å². The molecule has 2 aliphatic rings. The number of rotatable bonds is 6. The Hall–Kier alpha value is -2.96. The maximum atomic E-state index is 13.5. The van der Waals surface area contributed by atoms with Crippen molar-refractivity contribution in [3.63, 3.8) is 0 Å². The van der Waals surface area contributed by atoms with Gasteiger partial charge in [-0.15, -0.1) is 0 Å². The van der Waals surface area contributed by atoms with Gasteiger partial charge in [0.2, 0.25) is 11.9 Å². The first-order valence-corrected chi connectivity index (χ1v) is 12.5. The zero-order valence-corrected chi connectivity index (χ0v) is 20.1. The molecule has 34 heavy (non-hydrogen) atoms. The number of piperazine rings is 1. The SMILES string of the molecule is O=C(CCCCN1CCN(c2ncccn2)CC1)N1c2ccccc2CCc2ccc(Cl)cc21. The largest absolute Gasteiger partial charge is 0.338 e. The lowest BCUT2D eigenvalue weighted by Crippen LogP contribution is -2.47. The molecular weight excluding hydrogens is 446 g/mol. The van der Waals surface area contributed by atoms with Crippen LogP contribution in [0.25, 0.3) is 0 Å². The predicted molar refractivity (Wildman–Crippen MR) is 137 cm³/mol. The Morgan fingerprint density at radius 2 is 1.59 bits per heavy atom. The molecule has 3 aromatic rings. The van der Waals surface area contributed by atoms with Gasteiger partial charge in [0.1, 0.15) is 0 Å². The molecule has 0 spiro atoms. The maximum absolute atomic E-state index is 13.5. The van der Waals surface area contributed by atoms with Crippen LogP contribution in [0.4, 0.5) is 17.3 Å². The van der Waals surface area contributed by atoms with Gasteiger partial charge in [0.05, 0.1) is 11.4 Å². The first-order valence-electron chi connectivity index (χ1n) is 12.1. The highest BCUT2D eigenvalue weighted by Crippen LogP contribution is 2.38. The van der Waals surface area contributed by atoms with Crippen LogP contribution >= 0.6 is 11.6 Å². The third kappa shape index (κ3) is 5.08. The average Bonchev–Trinajstić information content (AvgIpc) is 3.04. The van der Waals surface area contributed by atoms with Crippen molar-refractivity contribution >= 4 is 34.8 Å². The fraction of sp³-hybridized carbons (Fsp3) is 0.370. The summed E-state index contributed by atoms with van der Waals surface area (Å²) in [6, 6.07) is 16.0. The molecule has 0 N–H and O–H groups in total. The second-order valence-corrected chi connectivity index (χ2v) is 9.40. The molecule has 176 valence electrons. The van der Waals surface area contributed by atoms with E-state index in [1.807, 2.05) is 35.2 Å². The molecule has 0 bridgehead atoms. The lowest BCUT2D eigenvalue weighted by molar-refractivity contribution is -0.118. The van der Waals surface area contributed by atoms with Crippen LogP contribution in [0.5, 0.6) is 0 Å². The lowest BCUT2D eigenvalue weighted by atomic mass is 10.0. The van der Waals surface area contributed by atoms with Crippen molar-refractivity contribution in [1.82, 2.24) is 14.9 Å². The van der Waals surface area contributed by atoms with Crippen molar-refractivity contribution in [1.29, 1.82) is 0 Å². The number of nitrogens with zero attached hydrogens (tertiary/aromatic N) is 5. The summed E-state index contributed by atoms with van der Waals surface area (Å²) in [6.45, 7) is 4.88. The minimum absolute atomic E-state index is 0.143. The molecular formula is C27H30ClN5O. The number of carbonyl (C=O) groups excluding carboxylic acids is 1. The first kappa shape index (κ1) is 22.8. The van der Waals surface area contributed by atoms with E-state index in [-0.39, 0.29) is 5.91 Å². The van der Waals surface area contributed by atoms with Gasteiger partial charge in [0.25, 0.3) is 0 Å². The van der Waals surface area contributed by atoms with E-state index in [0.29, 0.717) is 11.4 Å². The van der Waals surface area contributed by atoms with E-state index in [4.69, 9.17) is 11.6 Å². The van der Waals surface area contributed by atoms with Crippen molar-refractivity contribution < 1.29 is 4.79 Å². The first-order chi connectivity index (χ1) is 16.7. The normalized spacial score (nSPS) is 16.0. The number of para-hydroxylation sites is 1. The summed E-state index contributed by atoms with van der Waals surface area (Å²) < 4.78 is 0. The van der Waals surface area contributed by atoms with E-state index in [0.717, 1.165) is 75.7 Å². The van der Waals surface area contributed by atoms with Gasteiger partial charge in [0.15, 0.2) is 0 Å². The summed E-state index contributed by atoms with van der Waals surface area (Å²) in [5, 5.41) is 0.663. The Labute approximate surface area is 206 Å². The van der Waals surface area contributed by atoms with E-state index in [9.17, 15) is 4.79 Å². The summed E-state index contributed by atoms with van der Waals surface area (Å²) in [4.78, 5) is 28.8. The highest BCUT2D eigenvalue weighted by Gasteiger charge is 2.26. The number of hydrogen-bond donors (Lipinski definition) is 0. The smallest absolute Gasteiger partial charge is 0.231 e. The molecule has 1 aromatic heterocycles. The van der Waals surface area contributed by atoms with E-state index in [2.05, 4.69) is 38.0 Å². The van der Waals surface area contributed by atoms with E-state index in [1.165, 1.54) is 11.1 Å². The zero-order chi connectivity index (χ0) is 23.3. The van der Waals surface area contributed by atoms with Crippen molar-refractivity contribution in [3.8, 4) is 0 Å². The van der Waals surface area contributed by atoms with Gasteiger partial charge in [-0.2, -0.15) is 0 Å². The Bertz CT molecular complexity index is 1130. The summed E-state index contributed by atoms with van der Waals surface area (Å²) in [6.07, 6.45) is 7.82. The molecule has 6 nitrogen and oxygen atoms in total. The second-order valence-electron chi connectivity index (χ2n) is 8.97. The minimum atomic E-state index is 0.143. The minimum Gasteiger partial charge on any atom is -0.338 e. The molecule has 0 unspecified atom stereocenters. The third-order valence-electron chi connectivity index (χ3n) is 6.76. The molecule has 1 amide bonds. The Morgan fingerprint density at radius 1 is 0.853 bits per heavy atom. The van der Waals surface area contributed by atoms with Crippen LogP contribution in [-0.4, -0.2) is 53.5 Å². The predicted octanol–water partition coefficient (Wildman–Crippen LogP) is 4.89. The molecule has 1 fully saturated rings. The van der Waals surface area contributed by atoms with Crippen LogP contribution in [0.1, 0.15) is 30.4 Å². The van der Waals surface area contributed by atoms with Crippen LogP contribution < -0.4 is 9.80 Å². The number of amides is 1. The van der Waals surface area contributed by atoms with Gasteiger partial charge in [0, 0.05) is 50.0 Å². The van der Waals surface area contributed by atoms with Crippen LogP contribution in [0, 0.1) is 0 Å². The van der Waals surface area contributed by atoms with Gasteiger partial charge >= 0.3 is 0 Å². The standard InChI is InChI=1S/C27H30ClN5O/c28-23-12-11-22-10-9-21-6-1-2-7-24(21)33(25(22)20-23)26(34)8-3-4-15-31-16-18-32(19-17-31)27-29-13-5-14-30-27/h1-2,5-7,11-14,20H,3-4,8-10,15-19H2. The number of benzene rings is 2. The molecule has 5 rings (SSSR count). The third-order valence-corrected chi connectivity index (χ3v) is 6.99. The van der Waals surface area contributed by atoms with Crippen LogP contribution in [-0.2, 0) is 17.6 Å². The van der Waals surface area contributed by atoms with E-state index >= 15 is 0 Å². The fourth-order valence-corrected chi connectivity index (χ4v) is 5.08. The monoisotopic (exact) mass is 475 g/mol.